The Hall–Kier alpha value is -1.29. The van der Waals surface area contributed by atoms with Gasteiger partial charge in [0.05, 0.1) is 12.5 Å². The summed E-state index contributed by atoms with van der Waals surface area (Å²) in [6, 6.07) is 4.15. The molecule has 1 aliphatic rings. The molecule has 0 bridgehead atoms. The summed E-state index contributed by atoms with van der Waals surface area (Å²) >= 11 is 6.31. The molecule has 0 amide bonds. The number of methoxy groups -OCH3 is 1. The van der Waals surface area contributed by atoms with Crippen LogP contribution in [-0.2, 0) is 0 Å². The summed E-state index contributed by atoms with van der Waals surface area (Å²) in [6.07, 6.45) is 3.86. The van der Waals surface area contributed by atoms with E-state index in [0.717, 1.165) is 22.9 Å². The molecule has 2 heterocycles. The number of ether oxygens (including phenoxy) is 1. The lowest BCUT2D eigenvalue weighted by Gasteiger charge is -2.18. The van der Waals surface area contributed by atoms with Crippen molar-refractivity contribution in [3.63, 3.8) is 0 Å². The lowest BCUT2D eigenvalue weighted by atomic mass is 10.1. The molecule has 0 N–H and O–H groups in total. The minimum Gasteiger partial charge on any atom is -0.481 e. The lowest BCUT2D eigenvalue weighted by molar-refractivity contribution is 0.397. The van der Waals surface area contributed by atoms with Crippen molar-refractivity contribution in [1.82, 2.24) is 14.5 Å². The number of alkyl halides is 1. The van der Waals surface area contributed by atoms with E-state index in [9.17, 15) is 0 Å². The van der Waals surface area contributed by atoms with Gasteiger partial charge >= 0.3 is 0 Å². The normalized spacial score (nSPS) is 18.2. The van der Waals surface area contributed by atoms with Gasteiger partial charge in [0.25, 0.3) is 0 Å². The highest BCUT2D eigenvalue weighted by Gasteiger charge is 2.27. The second kappa shape index (κ2) is 5.24. The zero-order valence-corrected chi connectivity index (χ0v) is 12.9. The van der Waals surface area contributed by atoms with Crippen LogP contribution in [0.5, 0.6) is 5.88 Å². The fraction of sp³-hybridized carbons (Fsp3) is 0.600. The summed E-state index contributed by atoms with van der Waals surface area (Å²) < 4.78 is 7.42. The molecule has 4 nitrogen and oxygen atoms in total. The minimum atomic E-state index is -0.128. The third kappa shape index (κ3) is 2.49. The quantitative estimate of drug-likeness (QED) is 0.779. The van der Waals surface area contributed by atoms with Gasteiger partial charge in [-0.3, -0.25) is 0 Å². The monoisotopic (exact) mass is 293 g/mol. The lowest BCUT2D eigenvalue weighted by Crippen LogP contribution is -2.11. The van der Waals surface area contributed by atoms with Gasteiger partial charge < -0.3 is 9.30 Å². The molecule has 0 aromatic carbocycles. The van der Waals surface area contributed by atoms with Crippen molar-refractivity contribution < 1.29 is 4.74 Å². The molecule has 1 fully saturated rings. The fourth-order valence-electron chi connectivity index (χ4n) is 2.74. The highest BCUT2D eigenvalue weighted by atomic mass is 35.5. The van der Waals surface area contributed by atoms with Gasteiger partial charge in [-0.15, -0.1) is 11.6 Å². The smallest absolute Gasteiger partial charge is 0.215 e. The Morgan fingerprint density at radius 2 is 2.10 bits per heavy atom. The molecule has 0 saturated heterocycles. The zero-order chi connectivity index (χ0) is 14.3. The molecule has 3 rings (SSSR count). The van der Waals surface area contributed by atoms with Crippen molar-refractivity contribution in [3.05, 3.63) is 18.0 Å². The van der Waals surface area contributed by atoms with E-state index in [-0.39, 0.29) is 5.38 Å². The zero-order valence-electron chi connectivity index (χ0n) is 12.1. The van der Waals surface area contributed by atoms with Crippen LogP contribution in [0.15, 0.2) is 12.1 Å². The van der Waals surface area contributed by atoms with Gasteiger partial charge in [-0.1, -0.05) is 12.8 Å². The maximum Gasteiger partial charge on any atom is 0.215 e. The number of pyridine rings is 1. The molecule has 108 valence electrons. The average molecular weight is 294 g/mol. The maximum absolute atomic E-state index is 6.31. The highest BCUT2D eigenvalue weighted by molar-refractivity contribution is 6.20. The summed E-state index contributed by atoms with van der Waals surface area (Å²) in [4.78, 5) is 9.21. The molecule has 2 unspecified atom stereocenters. The van der Waals surface area contributed by atoms with Crippen molar-refractivity contribution >= 4 is 22.8 Å². The minimum absolute atomic E-state index is 0.128. The first kappa shape index (κ1) is 13.7. The Balaban J connectivity index is 2.10. The second-order valence-electron chi connectivity index (χ2n) is 5.68. The SMILES string of the molecule is COc1ccc2nc(C(C)Cl)n(C(C)CC3CC3)c2n1. The Morgan fingerprint density at radius 3 is 2.70 bits per heavy atom. The predicted molar refractivity (Wildman–Crippen MR) is 80.4 cm³/mol. The Morgan fingerprint density at radius 1 is 1.35 bits per heavy atom. The van der Waals surface area contributed by atoms with E-state index in [0.29, 0.717) is 11.9 Å². The molecule has 0 spiro atoms. The van der Waals surface area contributed by atoms with Gasteiger partial charge in [0.2, 0.25) is 5.88 Å². The number of nitrogens with zero attached hydrogens (tertiary/aromatic N) is 3. The maximum atomic E-state index is 6.31. The number of hydrogen-bond donors (Lipinski definition) is 0. The fourth-order valence-corrected chi connectivity index (χ4v) is 2.90. The van der Waals surface area contributed by atoms with E-state index in [4.69, 9.17) is 16.3 Å². The molecule has 20 heavy (non-hydrogen) atoms. The summed E-state index contributed by atoms with van der Waals surface area (Å²) in [5.41, 5.74) is 1.76. The summed E-state index contributed by atoms with van der Waals surface area (Å²) in [6.45, 7) is 4.18. The number of halogens is 1. The molecular weight excluding hydrogens is 274 g/mol. The van der Waals surface area contributed by atoms with Gasteiger partial charge in [0.1, 0.15) is 11.3 Å². The van der Waals surface area contributed by atoms with Crippen LogP contribution >= 0.6 is 11.6 Å². The number of hydrogen-bond acceptors (Lipinski definition) is 3. The van der Waals surface area contributed by atoms with Gasteiger partial charge in [0, 0.05) is 12.1 Å². The molecular formula is C15H20ClN3O. The average Bonchev–Trinajstić information content (AvgIpc) is 3.15. The van der Waals surface area contributed by atoms with Crippen LogP contribution in [0.2, 0.25) is 0 Å². The van der Waals surface area contributed by atoms with Crippen LogP contribution in [0.25, 0.3) is 11.2 Å². The Labute approximate surface area is 124 Å². The molecule has 2 atom stereocenters. The molecule has 2 aromatic heterocycles. The highest BCUT2D eigenvalue weighted by Crippen LogP contribution is 2.39. The summed E-state index contributed by atoms with van der Waals surface area (Å²) in [5.74, 6) is 2.37. The number of rotatable bonds is 5. The third-order valence-corrected chi connectivity index (χ3v) is 4.11. The summed E-state index contributed by atoms with van der Waals surface area (Å²) in [7, 11) is 1.63. The summed E-state index contributed by atoms with van der Waals surface area (Å²) in [5, 5.41) is -0.128. The van der Waals surface area contributed by atoms with Crippen LogP contribution in [0.1, 0.15) is 50.4 Å². The van der Waals surface area contributed by atoms with Gasteiger partial charge in [-0.05, 0) is 32.3 Å². The topological polar surface area (TPSA) is 39.9 Å². The van der Waals surface area contributed by atoms with Crippen molar-refractivity contribution in [2.24, 2.45) is 5.92 Å². The number of aromatic nitrogens is 3. The second-order valence-corrected chi connectivity index (χ2v) is 6.34. The van der Waals surface area contributed by atoms with Gasteiger partial charge in [0.15, 0.2) is 5.65 Å². The van der Waals surface area contributed by atoms with Gasteiger partial charge in [-0.2, -0.15) is 4.98 Å². The standard InChI is InChI=1S/C15H20ClN3O/c1-9(8-11-4-5-11)19-14(10(2)16)17-12-6-7-13(20-3)18-15(12)19/h6-7,9-11H,4-5,8H2,1-3H3. The number of imidazole rings is 1. The van der Waals surface area contributed by atoms with Crippen molar-refractivity contribution in [3.8, 4) is 5.88 Å². The van der Waals surface area contributed by atoms with E-state index in [1.807, 2.05) is 19.1 Å². The molecule has 0 aliphatic heterocycles. The van der Waals surface area contributed by atoms with Crippen molar-refractivity contribution in [2.75, 3.05) is 7.11 Å². The van der Waals surface area contributed by atoms with E-state index >= 15 is 0 Å². The first-order valence-corrected chi connectivity index (χ1v) is 7.60. The van der Waals surface area contributed by atoms with E-state index < -0.39 is 0 Å². The van der Waals surface area contributed by atoms with E-state index in [2.05, 4.69) is 21.5 Å². The predicted octanol–water partition coefficient (Wildman–Crippen LogP) is 4.10. The van der Waals surface area contributed by atoms with Crippen LogP contribution in [-0.4, -0.2) is 21.6 Å². The first-order valence-electron chi connectivity index (χ1n) is 7.17. The van der Waals surface area contributed by atoms with Crippen LogP contribution in [0, 0.1) is 5.92 Å². The van der Waals surface area contributed by atoms with E-state index in [1.54, 1.807) is 7.11 Å². The molecule has 1 aliphatic carbocycles. The van der Waals surface area contributed by atoms with Crippen LogP contribution < -0.4 is 4.74 Å². The Bertz CT molecular complexity index is 619. The molecule has 0 radical (unpaired) electrons. The van der Waals surface area contributed by atoms with Gasteiger partial charge in [-0.25, -0.2) is 4.98 Å². The van der Waals surface area contributed by atoms with Crippen molar-refractivity contribution in [1.29, 1.82) is 0 Å². The van der Waals surface area contributed by atoms with E-state index in [1.165, 1.54) is 19.3 Å². The molecule has 5 heteroatoms. The van der Waals surface area contributed by atoms with Crippen molar-refractivity contribution in [2.45, 2.75) is 44.5 Å². The third-order valence-electron chi connectivity index (χ3n) is 3.92. The first-order chi connectivity index (χ1) is 9.60. The van der Waals surface area contributed by atoms with Crippen LogP contribution in [0.3, 0.4) is 0 Å². The number of fused-ring (bicyclic) bond motifs is 1. The molecule has 1 saturated carbocycles. The largest absolute Gasteiger partial charge is 0.481 e. The molecule has 2 aromatic rings. The Kier molecular flexibility index (Phi) is 3.59. The van der Waals surface area contributed by atoms with Crippen LogP contribution in [0.4, 0.5) is 0 Å².